The lowest BCUT2D eigenvalue weighted by atomic mass is 9.95. The van der Waals surface area contributed by atoms with Gasteiger partial charge in [0.2, 0.25) is 0 Å². The fraction of sp³-hybridized carbons (Fsp3) is 0.833. The summed E-state index contributed by atoms with van der Waals surface area (Å²) in [6, 6.07) is 0.0685. The summed E-state index contributed by atoms with van der Waals surface area (Å²) in [5, 5.41) is 12.2. The average Bonchev–Trinajstić information content (AvgIpc) is 2.36. The van der Waals surface area contributed by atoms with Crippen LogP contribution in [0.1, 0.15) is 32.1 Å². The molecule has 5 nitrogen and oxygen atoms in total. The predicted octanol–water partition coefficient (Wildman–Crippen LogP) is 1.78. The van der Waals surface area contributed by atoms with E-state index in [4.69, 9.17) is 5.11 Å². The second-order valence-corrected chi connectivity index (χ2v) is 5.87. The van der Waals surface area contributed by atoms with Crippen molar-refractivity contribution >= 4 is 23.8 Å². The van der Waals surface area contributed by atoms with E-state index in [1.807, 2.05) is 11.8 Å². The Morgan fingerprint density at radius 3 is 2.78 bits per heavy atom. The van der Waals surface area contributed by atoms with Gasteiger partial charge in [0.25, 0.3) is 0 Å². The smallest absolute Gasteiger partial charge is 0.317 e. The first-order chi connectivity index (χ1) is 8.52. The summed E-state index contributed by atoms with van der Waals surface area (Å²) in [5.74, 6) is -0.880. The van der Waals surface area contributed by atoms with Crippen LogP contribution < -0.4 is 5.32 Å². The van der Waals surface area contributed by atoms with E-state index in [9.17, 15) is 9.59 Å². The number of carboxylic acid groups (broad SMARTS) is 1. The molecule has 0 aromatic carbocycles. The van der Waals surface area contributed by atoms with E-state index < -0.39 is 5.97 Å². The van der Waals surface area contributed by atoms with Crippen LogP contribution in [0.2, 0.25) is 0 Å². The molecule has 0 radical (unpaired) electrons. The zero-order valence-electron chi connectivity index (χ0n) is 11.0. The minimum Gasteiger partial charge on any atom is -0.481 e. The lowest BCUT2D eigenvalue weighted by molar-refractivity contribution is -0.137. The molecule has 0 heterocycles. The lowest BCUT2D eigenvalue weighted by Gasteiger charge is -2.30. The second-order valence-electron chi connectivity index (χ2n) is 4.74. The Balaban J connectivity index is 2.32. The number of amides is 2. The van der Waals surface area contributed by atoms with E-state index in [-0.39, 0.29) is 25.0 Å². The fourth-order valence-corrected chi connectivity index (χ4v) is 2.97. The standard InChI is InChI=1S/C12H22N2O3S/c1-14(7-6-11(15)16)12(17)13-9-4-3-5-10(8-9)18-2/h9-10H,3-8H2,1-2H3,(H,13,17)(H,15,16). The van der Waals surface area contributed by atoms with Gasteiger partial charge < -0.3 is 15.3 Å². The molecule has 1 rings (SSSR count). The van der Waals surface area contributed by atoms with Gasteiger partial charge in [-0.1, -0.05) is 6.42 Å². The van der Waals surface area contributed by atoms with Gasteiger partial charge in [-0.2, -0.15) is 11.8 Å². The number of carboxylic acids is 1. The summed E-state index contributed by atoms with van der Waals surface area (Å²) in [4.78, 5) is 23.7. The first kappa shape index (κ1) is 15.1. The molecular formula is C12H22N2O3S. The number of carbonyl (C=O) groups excluding carboxylic acids is 1. The number of hydrogen-bond donors (Lipinski definition) is 2. The Hall–Kier alpha value is -0.910. The van der Waals surface area contributed by atoms with E-state index in [2.05, 4.69) is 11.6 Å². The third kappa shape index (κ3) is 5.16. The molecule has 1 fully saturated rings. The molecule has 0 bridgehead atoms. The molecule has 1 aliphatic carbocycles. The second kappa shape index (κ2) is 7.51. The minimum absolute atomic E-state index is 0.0119. The number of rotatable bonds is 5. The summed E-state index contributed by atoms with van der Waals surface area (Å²) in [5.41, 5.74) is 0. The number of hydrogen-bond acceptors (Lipinski definition) is 3. The van der Waals surface area contributed by atoms with Gasteiger partial charge in [-0.05, 0) is 25.5 Å². The van der Waals surface area contributed by atoms with Gasteiger partial charge in [0, 0.05) is 24.9 Å². The first-order valence-electron chi connectivity index (χ1n) is 6.29. The Labute approximate surface area is 112 Å². The summed E-state index contributed by atoms with van der Waals surface area (Å²) >= 11 is 1.86. The molecule has 2 N–H and O–H groups in total. The topological polar surface area (TPSA) is 69.6 Å². The molecule has 6 heteroatoms. The van der Waals surface area contributed by atoms with Crippen molar-refractivity contribution < 1.29 is 14.7 Å². The van der Waals surface area contributed by atoms with Crippen molar-refractivity contribution in [2.75, 3.05) is 19.8 Å². The van der Waals surface area contributed by atoms with E-state index in [1.54, 1.807) is 7.05 Å². The number of nitrogens with one attached hydrogen (secondary N) is 1. The van der Waals surface area contributed by atoms with Crippen LogP contribution >= 0.6 is 11.8 Å². The van der Waals surface area contributed by atoms with Gasteiger partial charge in [0.15, 0.2) is 0 Å². The normalized spacial score (nSPS) is 23.4. The van der Waals surface area contributed by atoms with E-state index in [1.165, 1.54) is 11.3 Å². The number of thioether (sulfide) groups is 1. The number of aliphatic carboxylic acids is 1. The van der Waals surface area contributed by atoms with Gasteiger partial charge in [0.05, 0.1) is 6.42 Å². The van der Waals surface area contributed by atoms with Crippen LogP contribution in [0.25, 0.3) is 0 Å². The minimum atomic E-state index is -0.880. The molecule has 18 heavy (non-hydrogen) atoms. The van der Waals surface area contributed by atoms with E-state index in [0.29, 0.717) is 5.25 Å². The highest BCUT2D eigenvalue weighted by Gasteiger charge is 2.23. The van der Waals surface area contributed by atoms with Crippen molar-refractivity contribution in [1.29, 1.82) is 0 Å². The van der Waals surface area contributed by atoms with Crippen LogP contribution in [0.3, 0.4) is 0 Å². The van der Waals surface area contributed by atoms with Crippen molar-refractivity contribution in [2.24, 2.45) is 0 Å². The molecule has 2 amide bonds. The molecule has 104 valence electrons. The highest BCUT2D eigenvalue weighted by Crippen LogP contribution is 2.26. The predicted molar refractivity (Wildman–Crippen MR) is 73.0 cm³/mol. The molecular weight excluding hydrogens is 252 g/mol. The third-order valence-corrected chi connectivity index (χ3v) is 4.39. The molecule has 0 aliphatic heterocycles. The Bertz CT molecular complexity index is 299. The average molecular weight is 274 g/mol. The molecule has 0 saturated heterocycles. The van der Waals surface area contributed by atoms with Crippen LogP contribution in [0.15, 0.2) is 0 Å². The Morgan fingerprint density at radius 2 is 2.17 bits per heavy atom. The maximum absolute atomic E-state index is 11.8. The molecule has 2 atom stereocenters. The fourth-order valence-electron chi connectivity index (χ4n) is 2.14. The molecule has 0 aromatic rings. The number of nitrogens with zero attached hydrogens (tertiary/aromatic N) is 1. The van der Waals surface area contributed by atoms with Crippen LogP contribution in [0, 0.1) is 0 Å². The largest absolute Gasteiger partial charge is 0.481 e. The highest BCUT2D eigenvalue weighted by molar-refractivity contribution is 7.99. The van der Waals surface area contributed by atoms with Crippen molar-refractivity contribution in [1.82, 2.24) is 10.2 Å². The van der Waals surface area contributed by atoms with Gasteiger partial charge >= 0.3 is 12.0 Å². The van der Waals surface area contributed by atoms with Crippen LogP contribution in [-0.4, -0.2) is 53.1 Å². The van der Waals surface area contributed by atoms with Crippen molar-refractivity contribution in [2.45, 2.75) is 43.4 Å². The Morgan fingerprint density at radius 1 is 1.44 bits per heavy atom. The zero-order chi connectivity index (χ0) is 13.5. The monoisotopic (exact) mass is 274 g/mol. The maximum Gasteiger partial charge on any atom is 0.317 e. The lowest BCUT2D eigenvalue weighted by Crippen LogP contribution is -2.45. The number of urea groups is 1. The number of carbonyl (C=O) groups is 2. The summed E-state index contributed by atoms with van der Waals surface area (Å²) in [6.45, 7) is 0.250. The van der Waals surface area contributed by atoms with Crippen LogP contribution in [0.4, 0.5) is 4.79 Å². The van der Waals surface area contributed by atoms with Gasteiger partial charge in [-0.15, -0.1) is 0 Å². The maximum atomic E-state index is 11.8. The Kier molecular flexibility index (Phi) is 6.32. The molecule has 2 unspecified atom stereocenters. The first-order valence-corrected chi connectivity index (χ1v) is 7.58. The highest BCUT2D eigenvalue weighted by atomic mass is 32.2. The van der Waals surface area contributed by atoms with E-state index >= 15 is 0 Å². The van der Waals surface area contributed by atoms with Gasteiger partial charge in [0.1, 0.15) is 0 Å². The zero-order valence-corrected chi connectivity index (χ0v) is 11.8. The van der Waals surface area contributed by atoms with Crippen LogP contribution in [-0.2, 0) is 4.79 Å². The van der Waals surface area contributed by atoms with Crippen molar-refractivity contribution in [3.05, 3.63) is 0 Å². The molecule has 0 aromatic heterocycles. The molecule has 1 aliphatic rings. The van der Waals surface area contributed by atoms with Crippen molar-refractivity contribution in [3.63, 3.8) is 0 Å². The van der Waals surface area contributed by atoms with Gasteiger partial charge in [-0.25, -0.2) is 4.79 Å². The summed E-state index contributed by atoms with van der Waals surface area (Å²) < 4.78 is 0. The third-order valence-electron chi connectivity index (χ3n) is 3.29. The van der Waals surface area contributed by atoms with Crippen molar-refractivity contribution in [3.8, 4) is 0 Å². The SMILES string of the molecule is CSC1CCCC(NC(=O)N(C)CCC(=O)O)C1. The molecule has 0 spiro atoms. The van der Waals surface area contributed by atoms with E-state index in [0.717, 1.165) is 19.3 Å². The summed E-state index contributed by atoms with van der Waals surface area (Å²) in [6.07, 6.45) is 6.50. The van der Waals surface area contributed by atoms with Gasteiger partial charge in [-0.3, -0.25) is 4.79 Å². The summed E-state index contributed by atoms with van der Waals surface area (Å²) in [7, 11) is 1.63. The van der Waals surface area contributed by atoms with Crippen LogP contribution in [0.5, 0.6) is 0 Å². The molecule has 1 saturated carbocycles. The quantitative estimate of drug-likeness (QED) is 0.801.